The van der Waals surface area contributed by atoms with Crippen LogP contribution in [0, 0.1) is 0 Å². The van der Waals surface area contributed by atoms with Crippen molar-refractivity contribution in [2.75, 3.05) is 34.4 Å². The van der Waals surface area contributed by atoms with Crippen LogP contribution in [0.25, 0.3) is 0 Å². The van der Waals surface area contributed by atoms with Gasteiger partial charge < -0.3 is 28.1 Å². The van der Waals surface area contributed by atoms with Crippen molar-refractivity contribution in [1.82, 2.24) is 0 Å². The Kier molecular flexibility index (Phi) is 15.3. The predicted octanol–water partition coefficient (Wildman–Crippen LogP) is 8.24. The van der Waals surface area contributed by atoms with Crippen molar-refractivity contribution in [3.63, 3.8) is 0 Å². The molecule has 0 saturated heterocycles. The molecule has 0 aliphatic carbocycles. The Bertz CT molecular complexity index is 1750. The maximum Gasteiger partial charge on any atom is 0.306 e. The summed E-state index contributed by atoms with van der Waals surface area (Å²) in [6, 6.07) is 51.3. The number of carbonyl (C=O) groups is 1. The first-order valence-corrected chi connectivity index (χ1v) is 20.4. The number of ether oxygens (including phenoxy) is 5. The van der Waals surface area contributed by atoms with Gasteiger partial charge in [-0.05, 0) is 32.1 Å². The first-order chi connectivity index (χ1) is 26.3. The fourth-order valence-corrected chi connectivity index (χ4v) is 12.0. The number of carbonyl (C=O) groups excluding carboxylic acids is 1. The molecular formula is C46H54O7Si. The van der Waals surface area contributed by atoms with E-state index < -0.39 is 32.4 Å². The van der Waals surface area contributed by atoms with Crippen LogP contribution < -0.4 is 10.4 Å². The van der Waals surface area contributed by atoms with Crippen LogP contribution in [0.2, 0.25) is 5.04 Å². The molecule has 5 rings (SSSR count). The van der Waals surface area contributed by atoms with Gasteiger partial charge in [-0.2, -0.15) is 0 Å². The van der Waals surface area contributed by atoms with Crippen LogP contribution in [0.4, 0.5) is 0 Å². The van der Waals surface area contributed by atoms with Crippen LogP contribution in [-0.2, 0) is 39.5 Å². The van der Waals surface area contributed by atoms with Gasteiger partial charge in [-0.15, -0.1) is 0 Å². The van der Waals surface area contributed by atoms with E-state index in [1.807, 2.05) is 91.0 Å². The third-order valence-electron chi connectivity index (χ3n) is 9.91. The molecule has 0 heterocycles. The molecule has 0 aliphatic rings. The molecule has 284 valence electrons. The van der Waals surface area contributed by atoms with Gasteiger partial charge in [0.05, 0.1) is 39.0 Å². The minimum absolute atomic E-state index is 0.00526. The first kappa shape index (κ1) is 40.8. The number of methoxy groups -OCH3 is 2. The highest BCUT2D eigenvalue weighted by molar-refractivity contribution is 6.99. The number of hydrogen-bond acceptors (Lipinski definition) is 7. The molecule has 54 heavy (non-hydrogen) atoms. The summed E-state index contributed by atoms with van der Waals surface area (Å²) < 4.78 is 38.1. The van der Waals surface area contributed by atoms with Crippen LogP contribution in [-0.4, -0.2) is 60.9 Å². The summed E-state index contributed by atoms with van der Waals surface area (Å²) in [6.07, 6.45) is -1.10. The summed E-state index contributed by atoms with van der Waals surface area (Å²) >= 11 is 0. The summed E-state index contributed by atoms with van der Waals surface area (Å²) in [5, 5.41) is 2.06. The smallest absolute Gasteiger partial charge is 0.306 e. The Labute approximate surface area is 322 Å². The topological polar surface area (TPSA) is 72.5 Å². The maximum absolute atomic E-state index is 13.2. The SMILES string of the molecule is COCO[C@@H]([C@H](c1ccccc1)[C@@H](CO[Si](c1ccccc1)(c1ccccc1)C(C)(C)C)OCOCc1ccccc1)[C@@H](CC(=O)OC)c1ccccc1. The van der Waals surface area contributed by atoms with Gasteiger partial charge in [0.15, 0.2) is 0 Å². The summed E-state index contributed by atoms with van der Waals surface area (Å²) in [4.78, 5) is 13.2. The molecule has 0 spiro atoms. The number of rotatable bonds is 20. The zero-order valence-corrected chi connectivity index (χ0v) is 33.1. The van der Waals surface area contributed by atoms with Crippen molar-refractivity contribution in [3.05, 3.63) is 168 Å². The molecule has 0 amide bonds. The lowest BCUT2D eigenvalue weighted by Crippen LogP contribution is -2.67. The molecule has 7 nitrogen and oxygen atoms in total. The van der Waals surface area contributed by atoms with Gasteiger partial charge in [-0.1, -0.05) is 172 Å². The van der Waals surface area contributed by atoms with Crippen LogP contribution in [0.1, 0.15) is 55.7 Å². The second-order valence-electron chi connectivity index (χ2n) is 14.4. The average molecular weight is 747 g/mol. The highest BCUT2D eigenvalue weighted by Gasteiger charge is 2.51. The number of esters is 1. The Morgan fingerprint density at radius 1 is 0.630 bits per heavy atom. The van der Waals surface area contributed by atoms with Gasteiger partial charge in [-0.3, -0.25) is 4.79 Å². The van der Waals surface area contributed by atoms with Crippen molar-refractivity contribution in [3.8, 4) is 0 Å². The fraction of sp³-hybridized carbons (Fsp3) is 0.326. The number of benzene rings is 5. The Balaban J connectivity index is 1.64. The van der Waals surface area contributed by atoms with E-state index in [4.69, 9.17) is 28.1 Å². The standard InChI is InChI=1S/C46H54O7Si/c1-46(2,3)54(39-27-17-9-18-28-39,40-29-19-10-20-30-40)53-33-42(51-35-50-32-36-21-11-6-12-22-36)44(38-25-15-8-16-26-38)45(52-34-48-4)41(31-43(47)49-5)37-23-13-7-14-24-37/h6-30,41-42,44-45H,31-35H2,1-5H3/t41-,42+,44+,45+/m0/s1. The van der Waals surface area contributed by atoms with Gasteiger partial charge in [0.1, 0.15) is 13.6 Å². The quantitative estimate of drug-likeness (QED) is 0.0344. The summed E-state index contributed by atoms with van der Waals surface area (Å²) in [6.45, 7) is 7.41. The van der Waals surface area contributed by atoms with Crippen molar-refractivity contribution >= 4 is 24.7 Å². The highest BCUT2D eigenvalue weighted by Crippen LogP contribution is 2.41. The summed E-state index contributed by atoms with van der Waals surface area (Å²) in [7, 11) is 0.0128. The van der Waals surface area contributed by atoms with Crippen molar-refractivity contribution in [2.24, 2.45) is 0 Å². The Morgan fingerprint density at radius 2 is 1.13 bits per heavy atom. The van der Waals surface area contributed by atoms with Crippen molar-refractivity contribution in [2.45, 2.75) is 62.9 Å². The molecular weight excluding hydrogens is 693 g/mol. The molecule has 5 aromatic rings. The lowest BCUT2D eigenvalue weighted by molar-refractivity contribution is -0.154. The van der Waals surface area contributed by atoms with Gasteiger partial charge in [0, 0.05) is 18.9 Å². The third kappa shape index (κ3) is 10.4. The van der Waals surface area contributed by atoms with E-state index in [-0.39, 0.29) is 37.6 Å². The molecule has 8 heteroatoms. The fourth-order valence-electron chi connectivity index (χ4n) is 7.39. The third-order valence-corrected chi connectivity index (χ3v) is 14.9. The zero-order chi connectivity index (χ0) is 38.2. The molecule has 4 atom stereocenters. The van der Waals surface area contributed by atoms with Crippen LogP contribution >= 0.6 is 0 Å². The van der Waals surface area contributed by atoms with Gasteiger partial charge in [-0.25, -0.2) is 0 Å². The molecule has 0 saturated carbocycles. The van der Waals surface area contributed by atoms with E-state index in [9.17, 15) is 4.79 Å². The minimum Gasteiger partial charge on any atom is -0.469 e. The van der Waals surface area contributed by atoms with Crippen molar-refractivity contribution in [1.29, 1.82) is 0 Å². The van der Waals surface area contributed by atoms with Gasteiger partial charge in [0.2, 0.25) is 0 Å². The lowest BCUT2D eigenvalue weighted by atomic mass is 9.77. The highest BCUT2D eigenvalue weighted by atomic mass is 28.4. The predicted molar refractivity (Wildman–Crippen MR) is 216 cm³/mol. The zero-order valence-electron chi connectivity index (χ0n) is 32.1. The largest absolute Gasteiger partial charge is 0.469 e. The maximum atomic E-state index is 13.2. The molecule has 0 bridgehead atoms. The Hall–Kier alpha value is -4.41. The molecule has 0 aliphatic heterocycles. The molecule has 0 fully saturated rings. The molecule has 0 radical (unpaired) electrons. The van der Waals surface area contributed by atoms with Crippen LogP contribution in [0.15, 0.2) is 152 Å². The van der Waals surface area contributed by atoms with Gasteiger partial charge in [0.25, 0.3) is 8.32 Å². The first-order valence-electron chi connectivity index (χ1n) is 18.5. The van der Waals surface area contributed by atoms with Crippen LogP contribution in [0.3, 0.4) is 0 Å². The van der Waals surface area contributed by atoms with E-state index in [1.165, 1.54) is 17.5 Å². The molecule has 5 aromatic carbocycles. The molecule has 0 unspecified atom stereocenters. The van der Waals surface area contributed by atoms with E-state index in [0.29, 0.717) is 6.61 Å². The van der Waals surface area contributed by atoms with E-state index >= 15 is 0 Å². The average Bonchev–Trinajstić information content (AvgIpc) is 3.21. The molecule has 0 N–H and O–H groups in total. The van der Waals surface area contributed by atoms with E-state index in [1.54, 1.807) is 7.11 Å². The summed E-state index contributed by atoms with van der Waals surface area (Å²) in [5.41, 5.74) is 2.96. The molecule has 0 aromatic heterocycles. The van der Waals surface area contributed by atoms with Crippen molar-refractivity contribution < 1.29 is 32.9 Å². The Morgan fingerprint density at radius 3 is 1.63 bits per heavy atom. The summed E-state index contributed by atoms with van der Waals surface area (Å²) in [5.74, 6) is -1.19. The van der Waals surface area contributed by atoms with E-state index in [2.05, 4.69) is 81.4 Å². The second kappa shape index (κ2) is 20.3. The lowest BCUT2D eigenvalue weighted by Gasteiger charge is -2.45. The minimum atomic E-state index is -3.00. The normalized spacial score (nSPS) is 14.2. The number of hydrogen-bond donors (Lipinski definition) is 0. The monoisotopic (exact) mass is 746 g/mol. The van der Waals surface area contributed by atoms with Gasteiger partial charge >= 0.3 is 5.97 Å². The second-order valence-corrected chi connectivity index (χ2v) is 18.7. The van der Waals surface area contributed by atoms with Crippen LogP contribution in [0.5, 0.6) is 0 Å². The van der Waals surface area contributed by atoms with E-state index in [0.717, 1.165) is 16.7 Å².